The van der Waals surface area contributed by atoms with E-state index >= 15 is 0 Å². The molecule has 27 heavy (non-hydrogen) atoms. The number of allylic oxidation sites excluding steroid dienone is 2. The number of β-amino-alcohol motifs (C(OH)–C–C–N with tert-alkyl or cyclic N) is 1. The number of nitrogens with zero attached hydrogens (tertiary/aromatic N) is 3. The Kier molecular flexibility index (Phi) is 6.85. The van der Waals surface area contributed by atoms with E-state index in [-0.39, 0.29) is 6.04 Å². The number of aliphatic hydroxyl groups is 1. The van der Waals surface area contributed by atoms with Crippen LogP contribution < -0.4 is 16.0 Å². The van der Waals surface area contributed by atoms with Crippen molar-refractivity contribution in [1.82, 2.24) is 10.3 Å². The number of aliphatic imine (C=N–C) groups is 1. The highest BCUT2D eigenvalue weighted by molar-refractivity contribution is 5.78. The molecule has 2 fully saturated rings. The topological polar surface area (TPSA) is 86.8 Å². The first-order valence-electron chi connectivity index (χ1n) is 10.1. The lowest BCUT2D eigenvalue weighted by Crippen LogP contribution is -2.55. The second-order valence-electron chi connectivity index (χ2n) is 7.95. The SMILES string of the molecule is CC(N)=CC=Nc1cc(C)cnc1N1CC[C@H](NC2CCCCC2)[C@H](O)C1. The van der Waals surface area contributed by atoms with Gasteiger partial charge in [0.2, 0.25) is 0 Å². The number of aliphatic hydroxyl groups excluding tert-OH is 1. The molecule has 0 amide bonds. The molecule has 3 rings (SSSR count). The minimum absolute atomic E-state index is 0.171. The van der Waals surface area contributed by atoms with Gasteiger partial charge in [-0.05, 0) is 50.8 Å². The molecule has 1 aromatic rings. The average Bonchev–Trinajstić information content (AvgIpc) is 2.64. The normalized spacial score (nSPS) is 25.3. The maximum absolute atomic E-state index is 10.7. The summed E-state index contributed by atoms with van der Waals surface area (Å²) in [6.07, 6.45) is 12.3. The molecule has 2 heterocycles. The molecule has 4 N–H and O–H groups in total. The third kappa shape index (κ3) is 5.53. The number of aromatic nitrogens is 1. The first kappa shape index (κ1) is 19.8. The summed E-state index contributed by atoms with van der Waals surface area (Å²) < 4.78 is 0. The van der Waals surface area contributed by atoms with Crippen LogP contribution in [0.1, 0.15) is 51.0 Å². The summed E-state index contributed by atoms with van der Waals surface area (Å²) in [4.78, 5) is 11.3. The molecule has 2 aliphatic rings. The van der Waals surface area contributed by atoms with Crippen molar-refractivity contribution in [2.75, 3.05) is 18.0 Å². The van der Waals surface area contributed by atoms with Crippen LogP contribution >= 0.6 is 0 Å². The van der Waals surface area contributed by atoms with Crippen LogP contribution in [0.4, 0.5) is 11.5 Å². The van der Waals surface area contributed by atoms with E-state index in [2.05, 4.69) is 20.2 Å². The molecule has 6 heteroatoms. The Morgan fingerprint density at radius 1 is 1.33 bits per heavy atom. The lowest BCUT2D eigenvalue weighted by atomic mass is 9.93. The predicted octanol–water partition coefficient (Wildman–Crippen LogP) is 2.82. The standard InChI is InChI=1S/C21H33N5O/c1-15-12-19(23-10-8-16(2)22)21(24-13-15)26-11-9-18(20(27)14-26)25-17-6-4-3-5-7-17/h8,10,12-13,17-18,20,25,27H,3-7,9,11,14,22H2,1-2H3/t18-,20+/m0/s1. The molecular weight excluding hydrogens is 338 g/mol. The first-order chi connectivity index (χ1) is 13.0. The van der Waals surface area contributed by atoms with E-state index in [4.69, 9.17) is 5.73 Å². The second-order valence-corrected chi connectivity index (χ2v) is 7.95. The zero-order valence-electron chi connectivity index (χ0n) is 16.6. The highest BCUT2D eigenvalue weighted by Gasteiger charge is 2.31. The van der Waals surface area contributed by atoms with Gasteiger partial charge in [0.1, 0.15) is 5.69 Å². The molecule has 0 radical (unpaired) electrons. The molecule has 6 nitrogen and oxygen atoms in total. The van der Waals surface area contributed by atoms with Crippen LogP contribution in [0, 0.1) is 6.92 Å². The van der Waals surface area contributed by atoms with E-state index in [9.17, 15) is 5.11 Å². The third-order valence-corrected chi connectivity index (χ3v) is 5.47. The summed E-state index contributed by atoms with van der Waals surface area (Å²) in [5.74, 6) is 0.829. The van der Waals surface area contributed by atoms with E-state index in [1.54, 1.807) is 12.3 Å². The summed E-state index contributed by atoms with van der Waals surface area (Å²) in [6, 6.07) is 2.76. The van der Waals surface area contributed by atoms with Gasteiger partial charge in [0, 0.05) is 43.3 Å². The van der Waals surface area contributed by atoms with Crippen molar-refractivity contribution in [2.45, 2.75) is 70.6 Å². The Morgan fingerprint density at radius 2 is 2.11 bits per heavy atom. The maximum atomic E-state index is 10.7. The van der Waals surface area contributed by atoms with Crippen molar-refractivity contribution < 1.29 is 5.11 Å². The Hall–Kier alpha value is -1.92. The number of nitrogens with two attached hydrogens (primary N) is 1. The Bertz CT molecular complexity index is 677. The van der Waals surface area contributed by atoms with Crippen molar-refractivity contribution in [3.05, 3.63) is 29.6 Å². The van der Waals surface area contributed by atoms with Crippen LogP contribution in [-0.2, 0) is 0 Å². The predicted molar refractivity (Wildman–Crippen MR) is 112 cm³/mol. The number of hydrogen-bond acceptors (Lipinski definition) is 6. The van der Waals surface area contributed by atoms with Gasteiger partial charge in [-0.3, -0.25) is 4.99 Å². The molecule has 0 aromatic carbocycles. The third-order valence-electron chi connectivity index (χ3n) is 5.47. The summed E-state index contributed by atoms with van der Waals surface area (Å²) in [5, 5.41) is 14.4. The van der Waals surface area contributed by atoms with Crippen LogP contribution in [0.15, 0.2) is 29.0 Å². The smallest absolute Gasteiger partial charge is 0.154 e. The lowest BCUT2D eigenvalue weighted by Gasteiger charge is -2.39. The van der Waals surface area contributed by atoms with E-state index in [0.717, 1.165) is 30.0 Å². The van der Waals surface area contributed by atoms with Crippen LogP contribution in [0.3, 0.4) is 0 Å². The molecule has 1 saturated heterocycles. The highest BCUT2D eigenvalue weighted by Crippen LogP contribution is 2.30. The van der Waals surface area contributed by atoms with E-state index in [1.165, 1.54) is 32.1 Å². The quantitative estimate of drug-likeness (QED) is 0.693. The minimum Gasteiger partial charge on any atom is -0.402 e. The first-order valence-corrected chi connectivity index (χ1v) is 10.1. The number of pyridine rings is 1. The van der Waals surface area contributed by atoms with Crippen LogP contribution in [0.25, 0.3) is 0 Å². The molecule has 1 saturated carbocycles. The number of hydrogen-bond donors (Lipinski definition) is 3. The number of nitrogens with one attached hydrogen (secondary N) is 1. The van der Waals surface area contributed by atoms with E-state index in [0.29, 0.717) is 18.3 Å². The Labute approximate surface area is 162 Å². The van der Waals surface area contributed by atoms with Gasteiger partial charge in [-0.25, -0.2) is 4.98 Å². The molecule has 1 aliphatic heterocycles. The van der Waals surface area contributed by atoms with Gasteiger partial charge in [-0.15, -0.1) is 0 Å². The van der Waals surface area contributed by atoms with Gasteiger partial charge in [0.25, 0.3) is 0 Å². The number of piperidine rings is 1. The second kappa shape index (κ2) is 9.33. The van der Waals surface area contributed by atoms with E-state index in [1.807, 2.05) is 26.1 Å². The molecule has 1 aromatic heterocycles. The zero-order valence-corrected chi connectivity index (χ0v) is 16.6. The monoisotopic (exact) mass is 371 g/mol. The van der Waals surface area contributed by atoms with Crippen LogP contribution in [0.5, 0.6) is 0 Å². The zero-order chi connectivity index (χ0) is 19.2. The summed E-state index contributed by atoms with van der Waals surface area (Å²) in [6.45, 7) is 5.29. The van der Waals surface area contributed by atoms with Gasteiger partial charge >= 0.3 is 0 Å². The van der Waals surface area contributed by atoms with Gasteiger partial charge < -0.3 is 21.1 Å². The number of aryl methyl sites for hydroxylation is 1. The van der Waals surface area contributed by atoms with E-state index < -0.39 is 6.10 Å². The summed E-state index contributed by atoms with van der Waals surface area (Å²) in [5.41, 5.74) is 8.28. The lowest BCUT2D eigenvalue weighted by molar-refractivity contribution is 0.103. The largest absolute Gasteiger partial charge is 0.402 e. The van der Waals surface area contributed by atoms with Crippen molar-refractivity contribution in [1.29, 1.82) is 0 Å². The molecule has 148 valence electrons. The van der Waals surface area contributed by atoms with Gasteiger partial charge in [0.05, 0.1) is 6.10 Å². The summed E-state index contributed by atoms with van der Waals surface area (Å²) >= 11 is 0. The number of anilines is 1. The summed E-state index contributed by atoms with van der Waals surface area (Å²) in [7, 11) is 0. The van der Waals surface area contributed by atoms with Crippen molar-refractivity contribution in [2.24, 2.45) is 10.7 Å². The van der Waals surface area contributed by atoms with Gasteiger partial charge in [-0.2, -0.15) is 0 Å². The molecular formula is C21H33N5O. The van der Waals surface area contributed by atoms with Crippen molar-refractivity contribution >= 4 is 17.7 Å². The fourth-order valence-corrected chi connectivity index (χ4v) is 4.01. The molecule has 1 aliphatic carbocycles. The van der Waals surface area contributed by atoms with Crippen LogP contribution in [0.2, 0.25) is 0 Å². The van der Waals surface area contributed by atoms with Crippen molar-refractivity contribution in [3.8, 4) is 0 Å². The molecule has 0 unspecified atom stereocenters. The van der Waals surface area contributed by atoms with Gasteiger partial charge in [-0.1, -0.05) is 19.3 Å². The fraction of sp³-hybridized carbons (Fsp3) is 0.619. The highest BCUT2D eigenvalue weighted by atomic mass is 16.3. The van der Waals surface area contributed by atoms with Gasteiger partial charge in [0.15, 0.2) is 5.82 Å². The van der Waals surface area contributed by atoms with Crippen molar-refractivity contribution in [3.63, 3.8) is 0 Å². The van der Waals surface area contributed by atoms with Crippen LogP contribution in [-0.4, -0.2) is 47.6 Å². The number of rotatable bonds is 5. The fourth-order valence-electron chi connectivity index (χ4n) is 4.01. The average molecular weight is 372 g/mol. The Morgan fingerprint density at radius 3 is 2.81 bits per heavy atom. The molecule has 0 bridgehead atoms. The maximum Gasteiger partial charge on any atom is 0.154 e. The minimum atomic E-state index is -0.396. The Balaban J connectivity index is 1.67. The molecule has 2 atom stereocenters. The molecule has 0 spiro atoms.